The third-order valence-corrected chi connectivity index (χ3v) is 0. The maximum absolute atomic E-state index is 9.21. The fourth-order valence-electron chi connectivity index (χ4n) is 0. The zero-order valence-corrected chi connectivity index (χ0v) is 4.27. The molecule has 0 bridgehead atoms. The zero-order chi connectivity index (χ0) is 3.58. The molecule has 0 fully saturated rings. The van der Waals surface area contributed by atoms with Crippen LogP contribution < -0.4 is 0 Å². The average Bonchev–Trinajstić information content (AvgIpc) is 0.811. The minimum atomic E-state index is -0.361. The van der Waals surface area contributed by atoms with Crippen LogP contribution in [-0.2, 0) is 4.79 Å². The minimum absolute atomic E-state index is 0. The van der Waals surface area contributed by atoms with E-state index in [1.54, 1.807) is 0 Å². The lowest BCUT2D eigenvalue weighted by atomic mass is 10.9. The van der Waals surface area contributed by atoms with Crippen LogP contribution in [0.1, 0.15) is 6.92 Å². The molecule has 0 aromatic rings. The first-order chi connectivity index (χ1) is 1.73. The summed E-state index contributed by atoms with van der Waals surface area (Å²) in [5.74, 6) is 0. The highest BCUT2D eigenvalue weighted by atomic mass is 35.5. The molecule has 0 atom stereocenters. The Morgan fingerprint density at radius 2 is 1.80 bits per heavy atom. The molecule has 0 aliphatic heterocycles. The van der Waals surface area contributed by atoms with Crippen LogP contribution in [0.4, 0.5) is 0 Å². The topological polar surface area (TPSA) is 17.1 Å². The van der Waals surface area contributed by atoms with Gasteiger partial charge in [-0.2, -0.15) is 0 Å². The summed E-state index contributed by atoms with van der Waals surface area (Å²) in [4.78, 5) is 9.21. The van der Waals surface area contributed by atoms with Gasteiger partial charge in [-0.15, -0.1) is 12.4 Å². The predicted octanol–water partition coefficient (Wildman–Crippen LogP) is 1.19. The van der Waals surface area contributed by atoms with Gasteiger partial charge in [0.05, 0.1) is 0 Å². The summed E-state index contributed by atoms with van der Waals surface area (Å²) in [5, 5.41) is -0.361. The Kier molecular flexibility index (Phi) is 7.63. The van der Waals surface area contributed by atoms with Crippen molar-refractivity contribution in [2.24, 2.45) is 0 Å². The van der Waals surface area contributed by atoms with E-state index in [9.17, 15) is 4.79 Å². The largest absolute Gasteiger partial charge is 0.282 e. The highest BCUT2D eigenvalue weighted by Crippen LogP contribution is 1.67. The quantitative estimate of drug-likeness (QED) is 0.433. The lowest BCUT2D eigenvalue weighted by Gasteiger charge is -1.52. The highest BCUT2D eigenvalue weighted by molar-refractivity contribution is 6.62. The van der Waals surface area contributed by atoms with Crippen LogP contribution in [0.15, 0.2) is 0 Å². The van der Waals surface area contributed by atoms with Crippen LogP contribution in [0.2, 0.25) is 0 Å². The van der Waals surface area contributed by atoms with Gasteiger partial charge in [-0.25, -0.2) is 0 Å². The van der Waals surface area contributed by atoms with E-state index in [0.29, 0.717) is 0 Å². The Morgan fingerprint density at radius 3 is 1.80 bits per heavy atom. The number of carbonyl (C=O) groups excluding carboxylic acids is 1. The molecule has 0 aliphatic rings. The first-order valence-electron chi connectivity index (χ1n) is 0.893. The van der Waals surface area contributed by atoms with Gasteiger partial charge in [0.1, 0.15) is 0 Å². The molecule has 3 heteroatoms. The van der Waals surface area contributed by atoms with Crippen molar-refractivity contribution in [3.63, 3.8) is 0 Å². The van der Waals surface area contributed by atoms with E-state index in [0.717, 1.165) is 0 Å². The summed E-state index contributed by atoms with van der Waals surface area (Å²) in [6.45, 7) is 1.29. The summed E-state index contributed by atoms with van der Waals surface area (Å²) in [6.07, 6.45) is 0. The molecule has 0 saturated carbocycles. The fraction of sp³-hybridized carbons (Fsp3) is 0.500. The molecule has 1 nitrogen and oxygen atoms in total. The van der Waals surface area contributed by atoms with Crippen molar-refractivity contribution in [3.8, 4) is 0 Å². The molecule has 0 aromatic carbocycles. The van der Waals surface area contributed by atoms with Crippen LogP contribution in [0.25, 0.3) is 0 Å². The smallest absolute Gasteiger partial charge is 0.218 e. The van der Waals surface area contributed by atoms with Gasteiger partial charge in [0, 0.05) is 6.92 Å². The van der Waals surface area contributed by atoms with Gasteiger partial charge in [0.25, 0.3) is 0 Å². The van der Waals surface area contributed by atoms with Crippen molar-refractivity contribution in [1.82, 2.24) is 0 Å². The number of hydrogen-bond acceptors (Lipinski definition) is 1. The van der Waals surface area contributed by atoms with E-state index in [-0.39, 0.29) is 17.6 Å². The van der Waals surface area contributed by atoms with Gasteiger partial charge >= 0.3 is 0 Å². The SMILES string of the molecule is CC(=O)Cl.Cl. The molecule has 0 aromatic heterocycles. The molecule has 0 unspecified atom stereocenters. The van der Waals surface area contributed by atoms with Crippen molar-refractivity contribution in [1.29, 1.82) is 0 Å². The molecule has 0 aliphatic carbocycles. The van der Waals surface area contributed by atoms with Crippen molar-refractivity contribution >= 4 is 29.3 Å². The summed E-state index contributed by atoms with van der Waals surface area (Å²) < 4.78 is 0. The number of hydrogen-bond donors (Lipinski definition) is 0. The molecule has 5 heavy (non-hydrogen) atoms. The monoisotopic (exact) mass is 114 g/mol. The van der Waals surface area contributed by atoms with E-state index in [4.69, 9.17) is 0 Å². The van der Waals surface area contributed by atoms with Gasteiger partial charge in [-0.3, -0.25) is 4.79 Å². The lowest BCUT2D eigenvalue weighted by molar-refractivity contribution is -0.109. The third-order valence-electron chi connectivity index (χ3n) is 0. The van der Waals surface area contributed by atoms with Gasteiger partial charge in [-0.05, 0) is 11.6 Å². The second-order valence-electron chi connectivity index (χ2n) is 0.470. The van der Waals surface area contributed by atoms with Gasteiger partial charge in [0.15, 0.2) is 0 Å². The summed E-state index contributed by atoms with van der Waals surface area (Å²) >= 11 is 4.64. The Balaban J connectivity index is 0. The Morgan fingerprint density at radius 1 is 1.80 bits per heavy atom. The van der Waals surface area contributed by atoms with Crippen LogP contribution in [0, 0.1) is 0 Å². The van der Waals surface area contributed by atoms with E-state index in [1.165, 1.54) is 6.92 Å². The molecule has 0 N–H and O–H groups in total. The fourth-order valence-corrected chi connectivity index (χ4v) is 0. The standard InChI is InChI=1S/C2H3ClO.ClH/c1-2(3)4;/h1H3;1H. The van der Waals surface area contributed by atoms with Crippen LogP contribution in [-0.4, -0.2) is 5.24 Å². The zero-order valence-electron chi connectivity index (χ0n) is 2.69. The van der Waals surface area contributed by atoms with E-state index < -0.39 is 0 Å². The minimum Gasteiger partial charge on any atom is -0.282 e. The van der Waals surface area contributed by atoms with Crippen molar-refractivity contribution < 1.29 is 4.79 Å². The molecule has 0 heterocycles. The molecule has 32 valence electrons. The van der Waals surface area contributed by atoms with Gasteiger partial charge in [0.2, 0.25) is 5.24 Å². The average molecular weight is 115 g/mol. The molecule has 0 saturated heterocycles. The highest BCUT2D eigenvalue weighted by Gasteiger charge is 1.67. The Hall–Kier alpha value is 0.250. The van der Waals surface area contributed by atoms with Gasteiger partial charge < -0.3 is 0 Å². The Bertz CT molecular complexity index is 30.6. The van der Waals surface area contributed by atoms with Crippen LogP contribution in [0.3, 0.4) is 0 Å². The molecule has 0 radical (unpaired) electrons. The summed E-state index contributed by atoms with van der Waals surface area (Å²) in [6, 6.07) is 0. The second-order valence-corrected chi connectivity index (χ2v) is 1.00. The number of carbonyl (C=O) groups is 1. The summed E-state index contributed by atoms with van der Waals surface area (Å²) in [5.41, 5.74) is 0. The third kappa shape index (κ3) is 344. The normalized spacial score (nSPS) is 5.20. The number of rotatable bonds is 0. The van der Waals surface area contributed by atoms with Crippen LogP contribution >= 0.6 is 24.0 Å². The molecular weight excluding hydrogens is 111 g/mol. The van der Waals surface area contributed by atoms with E-state index in [1.807, 2.05) is 0 Å². The van der Waals surface area contributed by atoms with E-state index >= 15 is 0 Å². The van der Waals surface area contributed by atoms with Gasteiger partial charge in [-0.1, -0.05) is 0 Å². The summed E-state index contributed by atoms with van der Waals surface area (Å²) in [7, 11) is 0. The molecule has 0 spiro atoms. The van der Waals surface area contributed by atoms with Crippen molar-refractivity contribution in [2.75, 3.05) is 0 Å². The number of halogens is 2. The first kappa shape index (κ1) is 8.98. The first-order valence-corrected chi connectivity index (χ1v) is 1.27. The predicted molar refractivity (Wildman–Crippen MR) is 23.8 cm³/mol. The maximum Gasteiger partial charge on any atom is 0.218 e. The van der Waals surface area contributed by atoms with Crippen molar-refractivity contribution in [3.05, 3.63) is 0 Å². The second kappa shape index (κ2) is 4.25. The van der Waals surface area contributed by atoms with E-state index in [2.05, 4.69) is 11.6 Å². The van der Waals surface area contributed by atoms with Crippen molar-refractivity contribution in [2.45, 2.75) is 6.92 Å². The Labute approximate surface area is 41.7 Å². The molecular formula is C2H4Cl2O. The van der Waals surface area contributed by atoms with Crippen LogP contribution in [0.5, 0.6) is 0 Å². The molecule has 0 rings (SSSR count). The maximum atomic E-state index is 9.21. The molecule has 0 amide bonds. The lowest BCUT2D eigenvalue weighted by Crippen LogP contribution is -1.62.